The smallest absolute Gasteiger partial charge is 0.314 e. The van der Waals surface area contributed by atoms with Crippen molar-refractivity contribution in [2.24, 2.45) is 5.92 Å². The number of benzene rings is 2. The molecule has 2 fully saturated rings. The van der Waals surface area contributed by atoms with Crippen LogP contribution in [-0.2, 0) is 32.1 Å². The number of carbonyl (C=O) groups is 3. The van der Waals surface area contributed by atoms with Crippen LogP contribution in [0.5, 0.6) is 5.75 Å². The molecule has 0 aromatic heterocycles. The second-order valence-corrected chi connectivity index (χ2v) is 9.09. The molecule has 186 valence electrons. The van der Waals surface area contributed by atoms with Gasteiger partial charge in [0.2, 0.25) is 5.91 Å². The number of esters is 1. The van der Waals surface area contributed by atoms with Gasteiger partial charge < -0.3 is 24.4 Å². The molecule has 1 spiro atoms. The average Bonchev–Trinajstić information content (AvgIpc) is 3.06. The number of carbonyl (C=O) groups excluding carboxylic acids is 3. The number of hydrogen-bond donors (Lipinski definition) is 1. The van der Waals surface area contributed by atoms with E-state index >= 15 is 0 Å². The standard InChI is InChI=1S/C27H32N2O6/c1-3-35-26(33)23-24(31)25(32)29(18-20-7-5-4-6-8-20)27(23)13-15-28(16-14-27)22(30)17-19-9-11-21(34-2)12-10-19/h4-12,23-24,31H,3,13-18H2,1-2H3/t23-,24+/m0/s1. The number of hydrogen-bond acceptors (Lipinski definition) is 6. The summed E-state index contributed by atoms with van der Waals surface area (Å²) in [6, 6.07) is 16.9. The summed E-state index contributed by atoms with van der Waals surface area (Å²) in [5, 5.41) is 10.9. The predicted octanol–water partition coefficient (Wildman–Crippen LogP) is 2.18. The topological polar surface area (TPSA) is 96.4 Å². The number of amides is 2. The largest absolute Gasteiger partial charge is 0.497 e. The van der Waals surface area contributed by atoms with Crippen molar-refractivity contribution >= 4 is 17.8 Å². The Hall–Kier alpha value is -3.39. The lowest BCUT2D eigenvalue weighted by Gasteiger charge is -2.47. The fraction of sp³-hybridized carbons (Fsp3) is 0.444. The predicted molar refractivity (Wildman–Crippen MR) is 128 cm³/mol. The molecule has 2 aromatic carbocycles. The molecule has 2 aliphatic heterocycles. The highest BCUT2D eigenvalue weighted by molar-refractivity contribution is 5.93. The molecule has 8 nitrogen and oxygen atoms in total. The molecular weight excluding hydrogens is 448 g/mol. The van der Waals surface area contributed by atoms with Crippen molar-refractivity contribution in [3.63, 3.8) is 0 Å². The summed E-state index contributed by atoms with van der Waals surface area (Å²) in [6.07, 6.45) is -0.423. The molecule has 0 bridgehead atoms. The van der Waals surface area contributed by atoms with Crippen molar-refractivity contribution in [2.75, 3.05) is 26.8 Å². The van der Waals surface area contributed by atoms with Crippen LogP contribution in [0.15, 0.2) is 54.6 Å². The molecule has 2 saturated heterocycles. The maximum absolute atomic E-state index is 13.2. The van der Waals surface area contributed by atoms with Crippen LogP contribution in [0.3, 0.4) is 0 Å². The van der Waals surface area contributed by atoms with E-state index in [9.17, 15) is 19.5 Å². The fourth-order valence-electron chi connectivity index (χ4n) is 5.32. The van der Waals surface area contributed by atoms with E-state index in [-0.39, 0.29) is 25.5 Å². The molecule has 2 aromatic rings. The molecule has 0 aliphatic carbocycles. The van der Waals surface area contributed by atoms with Crippen molar-refractivity contribution < 1.29 is 29.0 Å². The van der Waals surface area contributed by atoms with Crippen molar-refractivity contribution in [1.29, 1.82) is 0 Å². The molecule has 2 aliphatic rings. The third kappa shape index (κ3) is 4.89. The monoisotopic (exact) mass is 480 g/mol. The Balaban J connectivity index is 1.54. The first-order valence-corrected chi connectivity index (χ1v) is 12.0. The molecule has 0 radical (unpaired) electrons. The Labute approximate surface area is 205 Å². The Bertz CT molecular complexity index is 1050. The summed E-state index contributed by atoms with van der Waals surface area (Å²) in [5.74, 6) is -1.31. The molecule has 1 N–H and O–H groups in total. The Morgan fingerprint density at radius 3 is 2.29 bits per heavy atom. The number of likely N-dealkylation sites (tertiary alicyclic amines) is 2. The molecule has 8 heteroatoms. The molecule has 2 heterocycles. The second-order valence-electron chi connectivity index (χ2n) is 9.09. The maximum Gasteiger partial charge on any atom is 0.314 e. The Kier molecular flexibility index (Phi) is 7.40. The van der Waals surface area contributed by atoms with E-state index in [1.807, 2.05) is 54.6 Å². The summed E-state index contributed by atoms with van der Waals surface area (Å²) >= 11 is 0. The van der Waals surface area contributed by atoms with E-state index in [4.69, 9.17) is 9.47 Å². The quantitative estimate of drug-likeness (QED) is 0.611. The number of aliphatic hydroxyl groups is 1. The van der Waals surface area contributed by atoms with Gasteiger partial charge in [-0.05, 0) is 43.0 Å². The zero-order valence-corrected chi connectivity index (χ0v) is 20.2. The van der Waals surface area contributed by atoms with Gasteiger partial charge in [-0.25, -0.2) is 0 Å². The molecule has 2 atom stereocenters. The maximum atomic E-state index is 13.2. The molecule has 4 rings (SSSR count). The van der Waals surface area contributed by atoms with Crippen LogP contribution in [0, 0.1) is 5.92 Å². The van der Waals surface area contributed by atoms with E-state index < -0.39 is 29.4 Å². The summed E-state index contributed by atoms with van der Waals surface area (Å²) < 4.78 is 10.4. The lowest BCUT2D eigenvalue weighted by Crippen LogP contribution is -2.58. The van der Waals surface area contributed by atoms with Crippen molar-refractivity contribution in [3.8, 4) is 5.75 Å². The zero-order chi connectivity index (χ0) is 25.0. The number of piperidine rings is 1. The highest BCUT2D eigenvalue weighted by Crippen LogP contribution is 2.45. The van der Waals surface area contributed by atoms with Crippen LogP contribution in [-0.4, -0.2) is 71.1 Å². The molecule has 2 amide bonds. The van der Waals surface area contributed by atoms with Crippen LogP contribution >= 0.6 is 0 Å². The minimum Gasteiger partial charge on any atom is -0.497 e. The normalized spacial score (nSPS) is 21.3. The fourth-order valence-corrected chi connectivity index (χ4v) is 5.32. The highest BCUT2D eigenvalue weighted by Gasteiger charge is 2.62. The van der Waals surface area contributed by atoms with Crippen LogP contribution in [0.2, 0.25) is 0 Å². The van der Waals surface area contributed by atoms with Crippen molar-refractivity contribution in [2.45, 2.75) is 44.4 Å². The van der Waals surface area contributed by atoms with Gasteiger partial charge in [0.05, 0.1) is 25.7 Å². The third-order valence-electron chi connectivity index (χ3n) is 7.17. The van der Waals surface area contributed by atoms with Crippen LogP contribution in [0.1, 0.15) is 30.9 Å². The lowest BCUT2D eigenvalue weighted by atomic mass is 9.75. The Morgan fingerprint density at radius 2 is 1.69 bits per heavy atom. The number of nitrogens with zero attached hydrogens (tertiary/aromatic N) is 2. The van der Waals surface area contributed by atoms with Crippen LogP contribution < -0.4 is 4.74 Å². The first kappa shape index (κ1) is 24.7. The lowest BCUT2D eigenvalue weighted by molar-refractivity contribution is -0.156. The van der Waals surface area contributed by atoms with Gasteiger partial charge >= 0.3 is 5.97 Å². The summed E-state index contributed by atoms with van der Waals surface area (Å²) in [5.41, 5.74) is 0.891. The third-order valence-corrected chi connectivity index (χ3v) is 7.17. The highest BCUT2D eigenvalue weighted by atomic mass is 16.5. The molecule has 0 saturated carbocycles. The first-order chi connectivity index (χ1) is 16.9. The zero-order valence-electron chi connectivity index (χ0n) is 20.2. The Morgan fingerprint density at radius 1 is 1.03 bits per heavy atom. The van der Waals surface area contributed by atoms with Gasteiger partial charge in [-0.15, -0.1) is 0 Å². The summed E-state index contributed by atoms with van der Waals surface area (Å²) in [6.45, 7) is 2.92. The van der Waals surface area contributed by atoms with Crippen molar-refractivity contribution in [3.05, 3.63) is 65.7 Å². The van der Waals surface area contributed by atoms with E-state index in [2.05, 4.69) is 0 Å². The number of methoxy groups -OCH3 is 1. The molecule has 35 heavy (non-hydrogen) atoms. The molecular formula is C27H32N2O6. The van der Waals surface area contributed by atoms with Crippen LogP contribution in [0.4, 0.5) is 0 Å². The van der Waals surface area contributed by atoms with E-state index in [0.717, 1.165) is 16.9 Å². The summed E-state index contributed by atoms with van der Waals surface area (Å²) in [7, 11) is 1.60. The van der Waals surface area contributed by atoms with E-state index in [1.54, 1.807) is 23.8 Å². The van der Waals surface area contributed by atoms with Gasteiger partial charge in [0.25, 0.3) is 5.91 Å². The minimum atomic E-state index is -1.46. The number of aliphatic hydroxyl groups excluding tert-OH is 1. The van der Waals surface area contributed by atoms with Gasteiger partial charge in [0.15, 0.2) is 0 Å². The van der Waals surface area contributed by atoms with Gasteiger partial charge in [-0.3, -0.25) is 14.4 Å². The summed E-state index contributed by atoms with van der Waals surface area (Å²) in [4.78, 5) is 42.5. The number of rotatable bonds is 7. The van der Waals surface area contributed by atoms with Gasteiger partial charge in [-0.1, -0.05) is 42.5 Å². The molecule has 0 unspecified atom stereocenters. The van der Waals surface area contributed by atoms with Crippen LogP contribution in [0.25, 0.3) is 0 Å². The van der Waals surface area contributed by atoms with E-state index in [0.29, 0.717) is 25.9 Å². The van der Waals surface area contributed by atoms with Gasteiger partial charge in [0, 0.05) is 19.6 Å². The van der Waals surface area contributed by atoms with Gasteiger partial charge in [0.1, 0.15) is 17.8 Å². The van der Waals surface area contributed by atoms with E-state index in [1.165, 1.54) is 0 Å². The SMILES string of the molecule is CCOC(=O)[C@@H]1[C@@H](O)C(=O)N(Cc2ccccc2)C12CCN(C(=O)Cc1ccc(OC)cc1)CC2. The minimum absolute atomic E-state index is 0.0165. The first-order valence-electron chi connectivity index (χ1n) is 12.0. The number of ether oxygens (including phenoxy) is 2. The van der Waals surface area contributed by atoms with Crippen molar-refractivity contribution in [1.82, 2.24) is 9.80 Å². The second kappa shape index (κ2) is 10.5. The average molecular weight is 481 g/mol. The van der Waals surface area contributed by atoms with Gasteiger partial charge in [-0.2, -0.15) is 0 Å².